The molecule has 3 rings (SSSR count). The molecule has 132 valence electrons. The summed E-state index contributed by atoms with van der Waals surface area (Å²) in [6.07, 6.45) is 2.20. The minimum Gasteiger partial charge on any atom is -0.445 e. The van der Waals surface area contributed by atoms with Crippen LogP contribution in [-0.2, 0) is 11.3 Å². The number of likely N-dealkylation sites (N-methyl/N-ethyl adjacent to an activating group) is 1. The fourth-order valence-electron chi connectivity index (χ4n) is 3.28. The van der Waals surface area contributed by atoms with Gasteiger partial charge in [-0.15, -0.1) is 0 Å². The van der Waals surface area contributed by atoms with E-state index in [0.717, 1.165) is 30.8 Å². The molecule has 25 heavy (non-hydrogen) atoms. The molecule has 2 aromatic rings. The summed E-state index contributed by atoms with van der Waals surface area (Å²) in [6, 6.07) is 20.0. The fraction of sp³-hybridized carbons (Fsp3) is 0.381. The standard InChI is InChI=1S/C21H26N2O2/c1-22(21(24)25-17-18-10-4-2-5-11-18)20(16-23-14-8-9-15-23)19-12-6-3-7-13-19/h2-7,10-13,20H,8-9,14-17H2,1H3/t20-/m1/s1. The summed E-state index contributed by atoms with van der Waals surface area (Å²) < 4.78 is 5.53. The van der Waals surface area contributed by atoms with E-state index in [1.54, 1.807) is 4.90 Å². The van der Waals surface area contributed by atoms with Crippen molar-refractivity contribution in [2.45, 2.75) is 25.5 Å². The van der Waals surface area contributed by atoms with Gasteiger partial charge in [-0.1, -0.05) is 60.7 Å². The summed E-state index contributed by atoms with van der Waals surface area (Å²) in [5, 5.41) is 0. The van der Waals surface area contributed by atoms with Gasteiger partial charge in [-0.3, -0.25) is 0 Å². The number of benzene rings is 2. The van der Waals surface area contributed by atoms with Crippen LogP contribution in [0.3, 0.4) is 0 Å². The second kappa shape index (κ2) is 8.67. The van der Waals surface area contributed by atoms with Crippen molar-refractivity contribution in [2.75, 3.05) is 26.7 Å². The monoisotopic (exact) mass is 338 g/mol. The van der Waals surface area contributed by atoms with Gasteiger partial charge in [-0.2, -0.15) is 0 Å². The number of rotatable bonds is 6. The number of amides is 1. The van der Waals surface area contributed by atoms with Crippen molar-refractivity contribution in [3.05, 3.63) is 71.8 Å². The minimum atomic E-state index is -0.281. The molecule has 2 aromatic carbocycles. The Labute approximate surface area is 150 Å². The Bertz CT molecular complexity index is 654. The highest BCUT2D eigenvalue weighted by molar-refractivity contribution is 5.68. The van der Waals surface area contributed by atoms with Crippen LogP contribution in [0.25, 0.3) is 0 Å². The number of hydrogen-bond acceptors (Lipinski definition) is 3. The quantitative estimate of drug-likeness (QED) is 0.795. The van der Waals surface area contributed by atoms with Gasteiger partial charge in [-0.05, 0) is 37.1 Å². The largest absolute Gasteiger partial charge is 0.445 e. The predicted molar refractivity (Wildman–Crippen MR) is 99.2 cm³/mol. The second-order valence-electron chi connectivity index (χ2n) is 6.59. The van der Waals surface area contributed by atoms with Crippen LogP contribution < -0.4 is 0 Å². The van der Waals surface area contributed by atoms with E-state index in [0.29, 0.717) is 6.61 Å². The summed E-state index contributed by atoms with van der Waals surface area (Å²) in [5.41, 5.74) is 2.15. The average Bonchev–Trinajstić information content (AvgIpc) is 3.18. The molecule has 1 saturated heterocycles. The van der Waals surface area contributed by atoms with Crippen LogP contribution in [0.5, 0.6) is 0 Å². The number of likely N-dealkylation sites (tertiary alicyclic amines) is 1. The Hall–Kier alpha value is -2.33. The van der Waals surface area contributed by atoms with Gasteiger partial charge in [0.2, 0.25) is 0 Å². The molecule has 1 fully saturated rings. The molecule has 1 amide bonds. The lowest BCUT2D eigenvalue weighted by Crippen LogP contribution is -2.38. The van der Waals surface area contributed by atoms with Gasteiger partial charge in [-0.25, -0.2) is 4.79 Å². The van der Waals surface area contributed by atoms with Gasteiger partial charge in [0.1, 0.15) is 6.61 Å². The maximum absolute atomic E-state index is 12.6. The van der Waals surface area contributed by atoms with E-state index in [9.17, 15) is 4.79 Å². The smallest absolute Gasteiger partial charge is 0.410 e. The molecule has 0 saturated carbocycles. The zero-order chi connectivity index (χ0) is 17.5. The first kappa shape index (κ1) is 17.5. The molecule has 0 unspecified atom stereocenters. The Morgan fingerprint density at radius 1 is 1.04 bits per heavy atom. The molecule has 4 nitrogen and oxygen atoms in total. The number of hydrogen-bond donors (Lipinski definition) is 0. The SMILES string of the molecule is CN(C(=O)OCc1ccccc1)[C@H](CN1CCCC1)c1ccccc1. The Morgan fingerprint density at radius 2 is 1.64 bits per heavy atom. The Kier molecular flexibility index (Phi) is 6.07. The van der Waals surface area contributed by atoms with Gasteiger partial charge in [0.05, 0.1) is 6.04 Å². The first-order chi connectivity index (χ1) is 12.2. The predicted octanol–water partition coefficient (Wildman–Crippen LogP) is 4.09. The van der Waals surface area contributed by atoms with Crippen molar-refractivity contribution in [2.24, 2.45) is 0 Å². The van der Waals surface area contributed by atoms with E-state index in [1.807, 2.05) is 55.6 Å². The topological polar surface area (TPSA) is 32.8 Å². The molecule has 0 N–H and O–H groups in total. The van der Waals surface area contributed by atoms with Gasteiger partial charge < -0.3 is 14.5 Å². The molecular weight excluding hydrogens is 312 g/mol. The maximum Gasteiger partial charge on any atom is 0.410 e. The van der Waals surface area contributed by atoms with Crippen molar-refractivity contribution in [1.82, 2.24) is 9.80 Å². The molecule has 1 heterocycles. The molecule has 1 atom stereocenters. The van der Waals surface area contributed by atoms with Gasteiger partial charge in [0.25, 0.3) is 0 Å². The van der Waals surface area contributed by atoms with E-state index >= 15 is 0 Å². The summed E-state index contributed by atoms with van der Waals surface area (Å²) >= 11 is 0. The highest BCUT2D eigenvalue weighted by Crippen LogP contribution is 2.23. The van der Waals surface area contributed by atoms with Crippen LogP contribution >= 0.6 is 0 Å². The van der Waals surface area contributed by atoms with Crippen molar-refractivity contribution >= 4 is 6.09 Å². The Morgan fingerprint density at radius 3 is 2.28 bits per heavy atom. The van der Waals surface area contributed by atoms with Crippen molar-refractivity contribution in [3.63, 3.8) is 0 Å². The van der Waals surface area contributed by atoms with Crippen LogP contribution in [0.15, 0.2) is 60.7 Å². The highest BCUT2D eigenvalue weighted by atomic mass is 16.6. The lowest BCUT2D eigenvalue weighted by atomic mass is 10.1. The van der Waals surface area contributed by atoms with Crippen LogP contribution in [0.2, 0.25) is 0 Å². The van der Waals surface area contributed by atoms with E-state index in [2.05, 4.69) is 17.0 Å². The Balaban J connectivity index is 1.67. The zero-order valence-electron chi connectivity index (χ0n) is 14.8. The minimum absolute atomic E-state index is 0.00238. The zero-order valence-corrected chi connectivity index (χ0v) is 14.8. The molecule has 0 aromatic heterocycles. The summed E-state index contributed by atoms with van der Waals surface area (Å²) in [7, 11) is 1.83. The number of carbonyl (C=O) groups excluding carboxylic acids is 1. The second-order valence-corrected chi connectivity index (χ2v) is 6.59. The summed E-state index contributed by atoms with van der Waals surface area (Å²) in [4.78, 5) is 16.8. The van der Waals surface area contributed by atoms with Crippen molar-refractivity contribution < 1.29 is 9.53 Å². The molecule has 0 spiro atoms. The molecule has 4 heteroatoms. The fourth-order valence-corrected chi connectivity index (χ4v) is 3.28. The lowest BCUT2D eigenvalue weighted by molar-refractivity contribution is 0.0834. The van der Waals surface area contributed by atoms with E-state index in [-0.39, 0.29) is 12.1 Å². The van der Waals surface area contributed by atoms with Gasteiger partial charge >= 0.3 is 6.09 Å². The van der Waals surface area contributed by atoms with E-state index < -0.39 is 0 Å². The summed E-state index contributed by atoms with van der Waals surface area (Å²) in [5.74, 6) is 0. The number of nitrogens with zero attached hydrogens (tertiary/aromatic N) is 2. The number of ether oxygens (including phenoxy) is 1. The lowest BCUT2D eigenvalue weighted by Gasteiger charge is -2.31. The van der Waals surface area contributed by atoms with E-state index in [1.165, 1.54) is 12.8 Å². The molecule has 0 bridgehead atoms. The van der Waals surface area contributed by atoms with Crippen LogP contribution in [0, 0.1) is 0 Å². The van der Waals surface area contributed by atoms with Crippen LogP contribution in [0.1, 0.15) is 30.0 Å². The van der Waals surface area contributed by atoms with Crippen molar-refractivity contribution in [3.8, 4) is 0 Å². The van der Waals surface area contributed by atoms with Crippen LogP contribution in [-0.4, -0.2) is 42.6 Å². The molecule has 0 aliphatic carbocycles. The van der Waals surface area contributed by atoms with E-state index in [4.69, 9.17) is 4.74 Å². The molecule has 1 aliphatic rings. The van der Waals surface area contributed by atoms with Gasteiger partial charge in [0.15, 0.2) is 0 Å². The first-order valence-corrected chi connectivity index (χ1v) is 8.95. The third-order valence-corrected chi connectivity index (χ3v) is 4.77. The normalized spacial score (nSPS) is 15.7. The number of carbonyl (C=O) groups is 1. The third-order valence-electron chi connectivity index (χ3n) is 4.77. The highest BCUT2D eigenvalue weighted by Gasteiger charge is 2.26. The molecule has 1 aliphatic heterocycles. The van der Waals surface area contributed by atoms with Crippen LogP contribution in [0.4, 0.5) is 4.79 Å². The molecule has 0 radical (unpaired) electrons. The maximum atomic E-state index is 12.6. The summed E-state index contributed by atoms with van der Waals surface area (Å²) in [6.45, 7) is 3.36. The van der Waals surface area contributed by atoms with Gasteiger partial charge in [0, 0.05) is 13.6 Å². The molecular formula is C21H26N2O2. The van der Waals surface area contributed by atoms with Crippen molar-refractivity contribution in [1.29, 1.82) is 0 Å². The first-order valence-electron chi connectivity index (χ1n) is 8.95. The average molecular weight is 338 g/mol. The third kappa shape index (κ3) is 4.83.